The summed E-state index contributed by atoms with van der Waals surface area (Å²) in [5.41, 5.74) is 11.9. The van der Waals surface area contributed by atoms with E-state index in [4.69, 9.17) is 0 Å². The van der Waals surface area contributed by atoms with Gasteiger partial charge in [0.05, 0.1) is 16.7 Å². The molecule has 0 fully saturated rings. The van der Waals surface area contributed by atoms with E-state index >= 15 is 0 Å². The quantitative estimate of drug-likeness (QED) is 0.163. The molecule has 0 radical (unpaired) electrons. The number of nitrogens with zero attached hydrogens (tertiary/aromatic N) is 2. The van der Waals surface area contributed by atoms with E-state index in [1.807, 2.05) is 22.7 Å². The van der Waals surface area contributed by atoms with Gasteiger partial charge in [-0.05, 0) is 82.9 Å². The van der Waals surface area contributed by atoms with Crippen molar-refractivity contribution in [1.82, 2.24) is 4.57 Å². The van der Waals surface area contributed by atoms with Crippen molar-refractivity contribution in [1.29, 1.82) is 0 Å². The van der Waals surface area contributed by atoms with Crippen LogP contribution in [0.4, 0.5) is 17.1 Å². The molecule has 0 bridgehead atoms. The van der Waals surface area contributed by atoms with Gasteiger partial charge >= 0.3 is 0 Å². The second kappa shape index (κ2) is 13.3. The molecule has 0 aliphatic heterocycles. The first-order valence-corrected chi connectivity index (χ1v) is 21.3. The Morgan fingerprint density at radius 3 is 1.76 bits per heavy atom. The van der Waals surface area contributed by atoms with Crippen LogP contribution in [0.25, 0.3) is 90.1 Å². The molecule has 2 nitrogen and oxygen atoms in total. The molecule has 0 saturated carbocycles. The number of anilines is 3. The predicted molar refractivity (Wildman–Crippen MR) is 252 cm³/mol. The third-order valence-electron chi connectivity index (χ3n) is 11.6. The molecule has 0 amide bonds. The second-order valence-electron chi connectivity index (χ2n) is 14.9. The zero-order valence-electron chi connectivity index (χ0n) is 31.3. The number of aromatic nitrogens is 1. The third-order valence-corrected chi connectivity index (χ3v) is 13.9. The fourth-order valence-electron chi connectivity index (χ4n) is 8.94. The monoisotopic (exact) mass is 774 g/mol. The Hall–Kier alpha value is -6.98. The highest BCUT2D eigenvalue weighted by Gasteiger charge is 2.23. The van der Waals surface area contributed by atoms with E-state index in [2.05, 4.69) is 216 Å². The normalized spacial score (nSPS) is 11.8. The lowest BCUT2D eigenvalue weighted by molar-refractivity contribution is 1.18. The Kier molecular flexibility index (Phi) is 7.62. The smallest absolute Gasteiger partial charge is 0.0561 e. The minimum Gasteiger partial charge on any atom is -0.310 e. The van der Waals surface area contributed by atoms with Gasteiger partial charge in [-0.3, -0.25) is 0 Å². The van der Waals surface area contributed by atoms with Crippen LogP contribution in [0.3, 0.4) is 0 Å². The van der Waals surface area contributed by atoms with E-state index in [0.717, 1.165) is 17.1 Å². The number of hydrogen-bond acceptors (Lipinski definition) is 3. The summed E-state index contributed by atoms with van der Waals surface area (Å²) in [6.45, 7) is 0. The summed E-state index contributed by atoms with van der Waals surface area (Å²) >= 11 is 3.76. The van der Waals surface area contributed by atoms with Crippen LogP contribution in [0.1, 0.15) is 0 Å². The van der Waals surface area contributed by atoms with Crippen molar-refractivity contribution in [3.8, 4) is 27.9 Å². The maximum Gasteiger partial charge on any atom is 0.0561 e. The van der Waals surface area contributed by atoms with Crippen LogP contribution in [-0.4, -0.2) is 4.57 Å². The van der Waals surface area contributed by atoms with Crippen LogP contribution in [0.2, 0.25) is 0 Å². The Bertz CT molecular complexity index is 3500. The number of hydrogen-bond donors (Lipinski definition) is 0. The first kappa shape index (κ1) is 33.2. The molecule has 4 heteroatoms. The maximum atomic E-state index is 2.50. The summed E-state index contributed by atoms with van der Waals surface area (Å²) in [5, 5.41) is 7.62. The second-order valence-corrected chi connectivity index (χ2v) is 17.0. The molecular weight excluding hydrogens is 741 g/mol. The van der Waals surface area contributed by atoms with Gasteiger partial charge in [0.1, 0.15) is 0 Å². The molecule has 0 saturated heterocycles. The highest BCUT2D eigenvalue weighted by atomic mass is 32.1. The number of fused-ring (bicyclic) bond motifs is 9. The van der Waals surface area contributed by atoms with Gasteiger partial charge in [0.15, 0.2) is 0 Å². The minimum atomic E-state index is 1.11. The van der Waals surface area contributed by atoms with Crippen LogP contribution >= 0.6 is 22.7 Å². The van der Waals surface area contributed by atoms with Gasteiger partial charge in [0.25, 0.3) is 0 Å². The van der Waals surface area contributed by atoms with E-state index in [-0.39, 0.29) is 0 Å². The van der Waals surface area contributed by atoms with Crippen LogP contribution < -0.4 is 4.90 Å². The van der Waals surface area contributed by atoms with Gasteiger partial charge in [-0.25, -0.2) is 0 Å². The third kappa shape index (κ3) is 5.23. The number of thiophene rings is 2. The van der Waals surface area contributed by atoms with Crippen molar-refractivity contribution in [2.24, 2.45) is 0 Å². The fourth-order valence-corrected chi connectivity index (χ4v) is 11.4. The predicted octanol–water partition coefficient (Wildman–Crippen LogP) is 16.3. The molecule has 3 aromatic heterocycles. The topological polar surface area (TPSA) is 8.17 Å². The van der Waals surface area contributed by atoms with Gasteiger partial charge in [-0.1, -0.05) is 146 Å². The summed E-state index contributed by atoms with van der Waals surface area (Å²) in [4.78, 5) is 2.50. The lowest BCUT2D eigenvalue weighted by Crippen LogP contribution is -2.10. The van der Waals surface area contributed by atoms with Gasteiger partial charge in [0.2, 0.25) is 0 Å². The molecule has 12 aromatic rings. The Labute approximate surface area is 343 Å². The minimum absolute atomic E-state index is 1.11. The van der Waals surface area contributed by atoms with E-state index < -0.39 is 0 Å². The van der Waals surface area contributed by atoms with Gasteiger partial charge in [0, 0.05) is 68.2 Å². The average Bonchev–Trinajstić information content (AvgIpc) is 3.97. The van der Waals surface area contributed by atoms with Crippen molar-refractivity contribution in [2.45, 2.75) is 0 Å². The Balaban J connectivity index is 1.14. The molecular formula is C54H34N2S2. The van der Waals surface area contributed by atoms with Gasteiger partial charge < -0.3 is 9.47 Å². The molecule has 0 aliphatic carbocycles. The summed E-state index contributed by atoms with van der Waals surface area (Å²) in [6, 6.07) is 75.6. The van der Waals surface area contributed by atoms with E-state index in [9.17, 15) is 0 Å². The zero-order valence-corrected chi connectivity index (χ0v) is 33.0. The van der Waals surface area contributed by atoms with E-state index in [0.29, 0.717) is 0 Å². The molecule has 3 heterocycles. The SMILES string of the molecule is c1ccc(-c2ccc3c(c2)sc2cc(N(c4ccc5c6ccccc6n(-c6ccccc6)c5c4)c4ccc(-c5ccccc5)c5sc6ccccc6c45)ccc23)cc1. The van der Waals surface area contributed by atoms with Crippen molar-refractivity contribution in [2.75, 3.05) is 4.90 Å². The molecule has 0 atom stereocenters. The number of rotatable bonds is 6. The highest BCUT2D eigenvalue weighted by Crippen LogP contribution is 2.50. The summed E-state index contributed by atoms with van der Waals surface area (Å²) in [5.74, 6) is 0. The summed E-state index contributed by atoms with van der Waals surface area (Å²) in [6.07, 6.45) is 0. The summed E-state index contributed by atoms with van der Waals surface area (Å²) in [7, 11) is 0. The summed E-state index contributed by atoms with van der Waals surface area (Å²) < 4.78 is 7.57. The molecule has 0 unspecified atom stereocenters. The average molecular weight is 775 g/mol. The first-order chi connectivity index (χ1) is 28.8. The molecule has 12 rings (SSSR count). The zero-order chi connectivity index (χ0) is 38.2. The molecule has 0 spiro atoms. The van der Waals surface area contributed by atoms with Crippen LogP contribution in [0.5, 0.6) is 0 Å². The van der Waals surface area contributed by atoms with Crippen molar-refractivity contribution < 1.29 is 0 Å². The van der Waals surface area contributed by atoms with Crippen LogP contribution in [0, 0.1) is 0 Å². The molecule has 0 aliphatic rings. The Morgan fingerprint density at radius 1 is 0.362 bits per heavy atom. The molecule has 0 N–H and O–H groups in total. The number of para-hydroxylation sites is 2. The van der Waals surface area contributed by atoms with E-state index in [1.54, 1.807) is 0 Å². The fraction of sp³-hybridized carbons (Fsp3) is 0. The largest absolute Gasteiger partial charge is 0.310 e. The van der Waals surface area contributed by atoms with Crippen molar-refractivity contribution >= 4 is 102 Å². The standard InChI is InChI=1S/C54H34N2S2/c1-4-14-35(15-5-1)37-24-27-44-45-29-26-40(34-52(45)57-51(44)32-37)55(39-25-28-43-42-20-10-12-22-47(42)56(49(43)33-39)38-18-8-3-9-19-38)48-31-30-41(36-16-6-2-7-17-36)54-53(48)46-21-11-13-23-50(46)58-54/h1-34H. The first-order valence-electron chi connectivity index (χ1n) is 19.7. The highest BCUT2D eigenvalue weighted by molar-refractivity contribution is 7.26. The molecule has 9 aromatic carbocycles. The van der Waals surface area contributed by atoms with Gasteiger partial charge in [-0.15, -0.1) is 22.7 Å². The van der Waals surface area contributed by atoms with E-state index in [1.165, 1.54) is 90.1 Å². The molecule has 272 valence electrons. The van der Waals surface area contributed by atoms with Gasteiger partial charge in [-0.2, -0.15) is 0 Å². The lowest BCUT2D eigenvalue weighted by atomic mass is 10.00. The lowest BCUT2D eigenvalue weighted by Gasteiger charge is -2.27. The number of benzene rings is 9. The van der Waals surface area contributed by atoms with Crippen LogP contribution in [-0.2, 0) is 0 Å². The van der Waals surface area contributed by atoms with Crippen molar-refractivity contribution in [3.05, 3.63) is 206 Å². The van der Waals surface area contributed by atoms with Crippen molar-refractivity contribution in [3.63, 3.8) is 0 Å². The Morgan fingerprint density at radius 2 is 0.966 bits per heavy atom. The maximum absolute atomic E-state index is 2.50. The molecule has 58 heavy (non-hydrogen) atoms. The van der Waals surface area contributed by atoms with Crippen LogP contribution in [0.15, 0.2) is 206 Å².